The number of aromatic nitrogens is 2. The summed E-state index contributed by atoms with van der Waals surface area (Å²) in [7, 11) is -2.38. The molecule has 1 fully saturated rings. The van der Waals surface area contributed by atoms with Crippen molar-refractivity contribution in [1.82, 2.24) is 9.97 Å². The lowest BCUT2D eigenvalue weighted by atomic mass is 9.95. The Hall–Kier alpha value is -3.50. The fraction of sp³-hybridized carbons (Fsp3) is 0.345. The second kappa shape index (κ2) is 10.5. The zero-order valence-corrected chi connectivity index (χ0v) is 23.4. The summed E-state index contributed by atoms with van der Waals surface area (Å²) in [5, 5.41) is 3.64. The van der Waals surface area contributed by atoms with Gasteiger partial charge in [0.15, 0.2) is 15.7 Å². The summed E-state index contributed by atoms with van der Waals surface area (Å²) in [4.78, 5) is 23.3. The first kappa shape index (κ1) is 26.7. The average Bonchev–Trinajstić information content (AvgIpc) is 3.19. The largest absolute Gasteiger partial charge is 0.469 e. The van der Waals surface area contributed by atoms with Crippen LogP contribution in [0, 0.1) is 5.82 Å². The van der Waals surface area contributed by atoms with Crippen molar-refractivity contribution in [2.45, 2.75) is 55.5 Å². The Labute approximate surface area is 237 Å². The summed E-state index contributed by atoms with van der Waals surface area (Å²) >= 11 is 6.08. The molecule has 1 N–H and O–H groups in total. The van der Waals surface area contributed by atoms with Crippen molar-refractivity contribution in [3.8, 4) is 0 Å². The average molecular weight is 583 g/mol. The van der Waals surface area contributed by atoms with Crippen LogP contribution in [0.5, 0.6) is 0 Å². The Morgan fingerprint density at radius 3 is 2.70 bits per heavy atom. The minimum absolute atomic E-state index is 0.0138. The third-order valence-electron chi connectivity index (χ3n) is 7.77. The van der Waals surface area contributed by atoms with Crippen LogP contribution in [0.4, 0.5) is 21.8 Å². The molecule has 2 aromatic carbocycles. The molecule has 0 radical (unpaired) electrons. The maximum Gasteiger partial charge on any atom is 0.309 e. The number of nitrogens with one attached hydrogen (secondary N) is 1. The van der Waals surface area contributed by atoms with E-state index in [-0.39, 0.29) is 40.7 Å². The number of fused-ring (bicyclic) bond motifs is 3. The van der Waals surface area contributed by atoms with Gasteiger partial charge in [0, 0.05) is 11.1 Å². The molecular weight excluding hydrogens is 555 g/mol. The van der Waals surface area contributed by atoms with Gasteiger partial charge in [0.1, 0.15) is 10.7 Å². The zero-order valence-electron chi connectivity index (χ0n) is 21.9. The second-order valence-electron chi connectivity index (χ2n) is 10.4. The Morgan fingerprint density at radius 1 is 1.18 bits per heavy atom. The van der Waals surface area contributed by atoms with E-state index in [0.717, 1.165) is 24.8 Å². The number of nitrogens with zero attached hydrogens (tertiary/aromatic N) is 3. The number of sulfone groups is 1. The van der Waals surface area contributed by atoms with Gasteiger partial charge in [-0.2, -0.15) is 4.98 Å². The molecule has 3 aromatic rings. The SMILES string of the molecule is COC(=O)Cc1ccc(Nc2nc(N3C4C=C(c5ccc(Cl)cc5)CC3CC4)nc3c2S(=O)(=O)CCC3)c(F)c1. The highest BCUT2D eigenvalue weighted by Gasteiger charge is 2.40. The van der Waals surface area contributed by atoms with Crippen molar-refractivity contribution in [3.05, 3.63) is 76.2 Å². The first-order valence-corrected chi connectivity index (χ1v) is 15.3. The van der Waals surface area contributed by atoms with Crippen molar-refractivity contribution in [3.63, 3.8) is 0 Å². The molecule has 0 saturated carbocycles. The van der Waals surface area contributed by atoms with Crippen LogP contribution in [-0.2, 0) is 32.2 Å². The van der Waals surface area contributed by atoms with E-state index in [1.807, 2.05) is 24.3 Å². The number of halogens is 2. The maximum atomic E-state index is 15.1. The van der Waals surface area contributed by atoms with Gasteiger partial charge < -0.3 is 15.0 Å². The highest BCUT2D eigenvalue weighted by Crippen LogP contribution is 2.42. The number of anilines is 3. The predicted molar refractivity (Wildman–Crippen MR) is 151 cm³/mol. The number of ether oxygens (including phenoxy) is 1. The zero-order chi connectivity index (χ0) is 28.0. The normalized spacial score (nSPS) is 21.0. The monoisotopic (exact) mass is 582 g/mol. The summed E-state index contributed by atoms with van der Waals surface area (Å²) < 4.78 is 46.0. The Morgan fingerprint density at radius 2 is 1.98 bits per heavy atom. The van der Waals surface area contributed by atoms with Gasteiger partial charge in [0.05, 0.1) is 36.7 Å². The number of aryl methyl sites for hydroxylation is 1. The Balaban J connectivity index is 1.37. The molecule has 2 bridgehead atoms. The third kappa shape index (κ3) is 5.06. The van der Waals surface area contributed by atoms with E-state index in [4.69, 9.17) is 21.6 Å². The van der Waals surface area contributed by atoms with Gasteiger partial charge in [-0.05, 0) is 73.1 Å². The van der Waals surface area contributed by atoms with Crippen LogP contribution in [0.1, 0.15) is 42.5 Å². The van der Waals surface area contributed by atoms with Gasteiger partial charge >= 0.3 is 5.97 Å². The van der Waals surface area contributed by atoms with Crippen molar-refractivity contribution in [1.29, 1.82) is 0 Å². The van der Waals surface area contributed by atoms with Crippen molar-refractivity contribution < 1.29 is 22.3 Å². The van der Waals surface area contributed by atoms with Crippen LogP contribution in [0.15, 0.2) is 53.4 Å². The number of carbonyl (C=O) groups excluding carboxylic acids is 1. The van der Waals surface area contributed by atoms with Gasteiger partial charge in [-0.15, -0.1) is 0 Å². The number of esters is 1. The van der Waals surface area contributed by atoms with E-state index in [9.17, 15) is 13.2 Å². The van der Waals surface area contributed by atoms with Crippen LogP contribution in [0.3, 0.4) is 0 Å². The molecular formula is C29H28ClFN4O4S. The van der Waals surface area contributed by atoms with E-state index in [1.165, 1.54) is 24.8 Å². The molecule has 8 nitrogen and oxygen atoms in total. The summed E-state index contributed by atoms with van der Waals surface area (Å²) in [6.07, 6.45) is 5.81. The van der Waals surface area contributed by atoms with E-state index in [1.54, 1.807) is 6.07 Å². The Bertz CT molecular complexity index is 1630. The molecule has 208 valence electrons. The minimum Gasteiger partial charge on any atom is -0.469 e. The number of carbonyl (C=O) groups is 1. The number of rotatable bonds is 6. The number of benzene rings is 2. The molecule has 1 saturated heterocycles. The van der Waals surface area contributed by atoms with E-state index < -0.39 is 21.6 Å². The molecule has 0 spiro atoms. The van der Waals surface area contributed by atoms with Gasteiger partial charge in [-0.3, -0.25) is 4.79 Å². The molecule has 2 unspecified atom stereocenters. The fourth-order valence-electron chi connectivity index (χ4n) is 5.87. The quantitative estimate of drug-likeness (QED) is 0.392. The molecule has 1 aromatic heterocycles. The van der Waals surface area contributed by atoms with Gasteiger partial charge in [-0.1, -0.05) is 35.9 Å². The molecule has 6 rings (SSSR count). The van der Waals surface area contributed by atoms with Gasteiger partial charge in [-0.25, -0.2) is 17.8 Å². The highest BCUT2D eigenvalue weighted by atomic mass is 35.5. The molecule has 0 aliphatic carbocycles. The smallest absolute Gasteiger partial charge is 0.309 e. The molecule has 2 atom stereocenters. The fourth-order valence-corrected chi connectivity index (χ4v) is 7.62. The van der Waals surface area contributed by atoms with Crippen molar-refractivity contribution >= 4 is 50.4 Å². The summed E-state index contributed by atoms with van der Waals surface area (Å²) in [6, 6.07) is 12.3. The number of hydrogen-bond donors (Lipinski definition) is 1. The van der Waals surface area contributed by atoms with Crippen LogP contribution in [-0.4, -0.2) is 49.3 Å². The lowest BCUT2D eigenvalue weighted by molar-refractivity contribution is -0.139. The molecule has 40 heavy (non-hydrogen) atoms. The van der Waals surface area contributed by atoms with Crippen molar-refractivity contribution in [2.24, 2.45) is 0 Å². The first-order valence-electron chi connectivity index (χ1n) is 13.2. The van der Waals surface area contributed by atoms with E-state index in [2.05, 4.69) is 21.0 Å². The third-order valence-corrected chi connectivity index (χ3v) is 9.89. The second-order valence-corrected chi connectivity index (χ2v) is 12.9. The van der Waals surface area contributed by atoms with Crippen LogP contribution < -0.4 is 10.2 Å². The highest BCUT2D eigenvalue weighted by molar-refractivity contribution is 7.91. The molecule has 11 heteroatoms. The maximum absolute atomic E-state index is 15.1. The van der Waals surface area contributed by atoms with E-state index >= 15 is 4.39 Å². The van der Waals surface area contributed by atoms with Crippen LogP contribution in [0.25, 0.3) is 5.57 Å². The lowest BCUT2D eigenvalue weighted by Crippen LogP contribution is -2.40. The molecule has 3 aliphatic heterocycles. The van der Waals surface area contributed by atoms with Gasteiger partial charge in [0.25, 0.3) is 0 Å². The topological polar surface area (TPSA) is 101 Å². The minimum atomic E-state index is -3.65. The lowest BCUT2D eigenvalue weighted by Gasteiger charge is -2.35. The number of hydrogen-bond acceptors (Lipinski definition) is 8. The molecule has 0 amide bonds. The standard InChI is InChI=1S/C29H28ClFN4O4S/c1-39-26(36)14-17-4-11-24(23(31)13-17)32-28-27-25(3-2-12-40(27,37)38)33-29(34-28)35-21-9-10-22(35)16-19(15-21)18-5-7-20(30)8-6-18/h4-8,11,13,15,21-22H,2-3,9-10,12,14,16H2,1H3,(H,32,33,34). The molecule has 4 heterocycles. The predicted octanol–water partition coefficient (Wildman–Crippen LogP) is 5.27. The Kier molecular flexibility index (Phi) is 7.00. The number of methoxy groups -OCH3 is 1. The summed E-state index contributed by atoms with van der Waals surface area (Å²) in [5.74, 6) is -0.603. The van der Waals surface area contributed by atoms with Gasteiger partial charge in [0.2, 0.25) is 5.95 Å². The summed E-state index contributed by atoms with van der Waals surface area (Å²) in [5.41, 5.74) is 3.34. The van der Waals surface area contributed by atoms with Crippen molar-refractivity contribution in [2.75, 3.05) is 23.1 Å². The molecule has 3 aliphatic rings. The van der Waals surface area contributed by atoms with Crippen LogP contribution in [0.2, 0.25) is 5.02 Å². The van der Waals surface area contributed by atoms with Crippen LogP contribution >= 0.6 is 11.6 Å². The van der Waals surface area contributed by atoms with E-state index in [0.29, 0.717) is 35.1 Å². The first-order chi connectivity index (χ1) is 19.2. The summed E-state index contributed by atoms with van der Waals surface area (Å²) in [6.45, 7) is 0.